The molecule has 0 aromatic carbocycles. The lowest BCUT2D eigenvalue weighted by Crippen LogP contribution is -1.95. The molecule has 1 N–H and O–H groups in total. The number of pyridine rings is 1. The molecule has 76 valence electrons. The SMILES string of the molecule is O=[N+]([O-])c1c(-c2cc[nH]n2)ccnc1Cl. The van der Waals surface area contributed by atoms with Gasteiger partial charge in [-0.15, -0.1) is 0 Å². The Hall–Kier alpha value is -1.95. The van der Waals surface area contributed by atoms with Crippen molar-refractivity contribution in [2.24, 2.45) is 0 Å². The Balaban J connectivity index is 2.66. The van der Waals surface area contributed by atoms with E-state index in [9.17, 15) is 10.1 Å². The molecule has 0 bridgehead atoms. The predicted octanol–water partition coefficient (Wildman–Crippen LogP) is 2.03. The molecule has 0 aliphatic carbocycles. The van der Waals surface area contributed by atoms with Crippen molar-refractivity contribution in [2.45, 2.75) is 0 Å². The number of aromatic nitrogens is 3. The van der Waals surface area contributed by atoms with E-state index in [0.717, 1.165) is 0 Å². The molecule has 0 saturated carbocycles. The third kappa shape index (κ3) is 1.66. The minimum absolute atomic E-state index is 0.138. The number of halogens is 1. The van der Waals surface area contributed by atoms with Gasteiger partial charge in [0.15, 0.2) is 0 Å². The lowest BCUT2D eigenvalue weighted by molar-refractivity contribution is -0.384. The van der Waals surface area contributed by atoms with E-state index in [1.807, 2.05) is 0 Å². The summed E-state index contributed by atoms with van der Waals surface area (Å²) in [4.78, 5) is 13.9. The van der Waals surface area contributed by atoms with Crippen molar-refractivity contribution in [2.75, 3.05) is 0 Å². The van der Waals surface area contributed by atoms with Crippen LogP contribution < -0.4 is 0 Å². The van der Waals surface area contributed by atoms with Gasteiger partial charge in [0.1, 0.15) is 0 Å². The second-order valence-corrected chi connectivity index (χ2v) is 3.07. The standard InChI is InChI=1S/C8H5ClN4O2/c9-8-7(13(14)15)5(1-3-10-8)6-2-4-11-12-6/h1-4H,(H,11,12). The van der Waals surface area contributed by atoms with Crippen molar-refractivity contribution in [1.29, 1.82) is 0 Å². The van der Waals surface area contributed by atoms with Gasteiger partial charge >= 0.3 is 5.69 Å². The highest BCUT2D eigenvalue weighted by atomic mass is 35.5. The molecule has 6 nitrogen and oxygen atoms in total. The van der Waals surface area contributed by atoms with Crippen LogP contribution in [0.15, 0.2) is 24.5 Å². The lowest BCUT2D eigenvalue weighted by Gasteiger charge is -1.99. The largest absolute Gasteiger partial charge is 0.315 e. The summed E-state index contributed by atoms with van der Waals surface area (Å²) in [5.41, 5.74) is 0.582. The van der Waals surface area contributed by atoms with Crippen LogP contribution >= 0.6 is 11.6 Å². The fourth-order valence-corrected chi connectivity index (χ4v) is 1.45. The van der Waals surface area contributed by atoms with Gasteiger partial charge in [-0.25, -0.2) is 4.98 Å². The summed E-state index contributed by atoms with van der Waals surface area (Å²) in [6, 6.07) is 3.12. The predicted molar refractivity (Wildman–Crippen MR) is 53.5 cm³/mol. The van der Waals surface area contributed by atoms with E-state index < -0.39 is 4.92 Å². The Kier molecular flexibility index (Phi) is 2.34. The van der Waals surface area contributed by atoms with E-state index >= 15 is 0 Å². The molecule has 2 rings (SSSR count). The lowest BCUT2D eigenvalue weighted by atomic mass is 10.2. The van der Waals surface area contributed by atoms with Gasteiger partial charge in [0.25, 0.3) is 0 Å². The molecule has 2 heterocycles. The highest BCUT2D eigenvalue weighted by molar-refractivity contribution is 6.32. The van der Waals surface area contributed by atoms with E-state index in [-0.39, 0.29) is 10.8 Å². The summed E-state index contributed by atoms with van der Waals surface area (Å²) in [5, 5.41) is 17.1. The Morgan fingerprint density at radius 2 is 2.27 bits per heavy atom. The van der Waals surface area contributed by atoms with Crippen LogP contribution in [0.1, 0.15) is 0 Å². The third-order valence-electron chi connectivity index (χ3n) is 1.84. The van der Waals surface area contributed by atoms with Crippen LogP contribution in [0.5, 0.6) is 0 Å². The summed E-state index contributed by atoms with van der Waals surface area (Å²) in [6.07, 6.45) is 2.98. The second kappa shape index (κ2) is 3.66. The first-order chi connectivity index (χ1) is 7.20. The molecular formula is C8H5ClN4O2. The van der Waals surface area contributed by atoms with Crippen molar-refractivity contribution >= 4 is 17.3 Å². The van der Waals surface area contributed by atoms with E-state index in [2.05, 4.69) is 15.2 Å². The molecule has 0 aliphatic heterocycles. The zero-order valence-corrected chi connectivity index (χ0v) is 8.10. The molecule has 15 heavy (non-hydrogen) atoms. The van der Waals surface area contributed by atoms with Gasteiger partial charge in [0.05, 0.1) is 16.2 Å². The monoisotopic (exact) mass is 224 g/mol. The number of hydrogen-bond acceptors (Lipinski definition) is 4. The van der Waals surface area contributed by atoms with Crippen LogP contribution in [0.3, 0.4) is 0 Å². The van der Waals surface area contributed by atoms with Crippen molar-refractivity contribution < 1.29 is 4.92 Å². The van der Waals surface area contributed by atoms with Crippen molar-refractivity contribution in [3.63, 3.8) is 0 Å². The number of nitrogens with one attached hydrogen (secondary N) is 1. The quantitative estimate of drug-likeness (QED) is 0.481. The zero-order valence-electron chi connectivity index (χ0n) is 7.35. The maximum absolute atomic E-state index is 10.8. The van der Waals surface area contributed by atoms with Crippen molar-refractivity contribution in [3.05, 3.63) is 39.8 Å². The van der Waals surface area contributed by atoms with E-state index in [4.69, 9.17) is 11.6 Å². The van der Waals surface area contributed by atoms with Gasteiger partial charge in [0.2, 0.25) is 5.15 Å². The molecule has 0 radical (unpaired) electrons. The Morgan fingerprint density at radius 3 is 2.87 bits per heavy atom. The van der Waals surface area contributed by atoms with Crippen LogP contribution in [0, 0.1) is 10.1 Å². The van der Waals surface area contributed by atoms with Crippen LogP contribution in [-0.2, 0) is 0 Å². The molecular weight excluding hydrogens is 220 g/mol. The number of nitro groups is 1. The van der Waals surface area contributed by atoms with E-state index in [1.54, 1.807) is 12.3 Å². The van der Waals surface area contributed by atoms with E-state index in [0.29, 0.717) is 11.3 Å². The van der Waals surface area contributed by atoms with Gasteiger partial charge in [-0.1, -0.05) is 11.6 Å². The summed E-state index contributed by atoms with van der Waals surface area (Å²) in [5.74, 6) is 0. The first kappa shape index (κ1) is 9.60. The summed E-state index contributed by atoms with van der Waals surface area (Å²) >= 11 is 5.65. The molecule has 0 atom stereocenters. The topological polar surface area (TPSA) is 84.7 Å². The molecule has 0 unspecified atom stereocenters. The first-order valence-corrected chi connectivity index (χ1v) is 4.37. The smallest absolute Gasteiger partial charge is 0.285 e. The number of aromatic amines is 1. The fourth-order valence-electron chi connectivity index (χ4n) is 1.22. The van der Waals surface area contributed by atoms with Gasteiger partial charge in [-0.05, 0) is 12.1 Å². The molecule has 7 heteroatoms. The molecule has 2 aromatic rings. The second-order valence-electron chi connectivity index (χ2n) is 2.71. The minimum atomic E-state index is -0.570. The Morgan fingerprint density at radius 1 is 1.47 bits per heavy atom. The minimum Gasteiger partial charge on any atom is -0.285 e. The third-order valence-corrected chi connectivity index (χ3v) is 2.12. The molecule has 2 aromatic heterocycles. The average molecular weight is 225 g/mol. The highest BCUT2D eigenvalue weighted by Gasteiger charge is 2.21. The zero-order chi connectivity index (χ0) is 10.8. The maximum atomic E-state index is 10.8. The van der Waals surface area contributed by atoms with Gasteiger partial charge < -0.3 is 0 Å². The highest BCUT2D eigenvalue weighted by Crippen LogP contribution is 2.32. The fraction of sp³-hybridized carbons (Fsp3) is 0. The summed E-state index contributed by atoms with van der Waals surface area (Å²) < 4.78 is 0. The normalized spacial score (nSPS) is 10.2. The molecule has 0 aliphatic rings. The first-order valence-electron chi connectivity index (χ1n) is 3.99. The molecule has 0 fully saturated rings. The van der Waals surface area contributed by atoms with Crippen LogP contribution in [-0.4, -0.2) is 20.1 Å². The van der Waals surface area contributed by atoms with Gasteiger partial charge in [-0.3, -0.25) is 15.2 Å². The van der Waals surface area contributed by atoms with Crippen molar-refractivity contribution in [3.8, 4) is 11.3 Å². The number of H-pyrrole nitrogens is 1. The maximum Gasteiger partial charge on any atom is 0.315 e. The Bertz CT molecular complexity index is 497. The van der Waals surface area contributed by atoms with Crippen molar-refractivity contribution in [1.82, 2.24) is 15.2 Å². The van der Waals surface area contributed by atoms with Gasteiger partial charge in [-0.2, -0.15) is 5.10 Å². The molecule has 0 saturated heterocycles. The van der Waals surface area contributed by atoms with E-state index in [1.165, 1.54) is 12.3 Å². The van der Waals surface area contributed by atoms with Crippen LogP contribution in [0.4, 0.5) is 5.69 Å². The number of hydrogen-bond donors (Lipinski definition) is 1. The average Bonchev–Trinajstić information content (AvgIpc) is 2.69. The van der Waals surface area contributed by atoms with Gasteiger partial charge in [0, 0.05) is 12.4 Å². The van der Waals surface area contributed by atoms with Crippen LogP contribution in [0.25, 0.3) is 11.3 Å². The summed E-state index contributed by atoms with van der Waals surface area (Å²) in [7, 11) is 0. The molecule has 0 spiro atoms. The number of rotatable bonds is 2. The Labute approximate surface area is 89.1 Å². The van der Waals surface area contributed by atoms with Crippen LogP contribution in [0.2, 0.25) is 5.15 Å². The molecule has 0 amide bonds. The summed E-state index contributed by atoms with van der Waals surface area (Å²) in [6.45, 7) is 0. The number of nitrogens with zero attached hydrogens (tertiary/aromatic N) is 3.